The highest BCUT2D eigenvalue weighted by Gasteiger charge is 2.34. The molecule has 22 heteroatoms. The third-order valence-electron chi connectivity index (χ3n) is 10.4. The zero-order chi connectivity index (χ0) is 47.6. The number of rotatable bonds is 23. The molecule has 352 valence electrons. The van der Waals surface area contributed by atoms with E-state index < -0.39 is 96.3 Å². The maximum atomic E-state index is 12.8. The van der Waals surface area contributed by atoms with Crippen LogP contribution in [0, 0.1) is 18.8 Å². The Balaban J connectivity index is 0.000000722. The Labute approximate surface area is 370 Å². The van der Waals surface area contributed by atoms with Gasteiger partial charge in [0.1, 0.15) is 23.4 Å². The molecule has 1 saturated heterocycles. The minimum absolute atomic E-state index is 0.287. The average molecular weight is 907 g/mol. The van der Waals surface area contributed by atoms with Crippen molar-refractivity contribution in [1.82, 2.24) is 47.1 Å². The third kappa shape index (κ3) is 19.9. The number of aliphatic hydroxyl groups excluding tert-OH is 1. The molecule has 1 fully saturated rings. The van der Waals surface area contributed by atoms with Gasteiger partial charge in [0.15, 0.2) is 0 Å². The van der Waals surface area contributed by atoms with Crippen molar-refractivity contribution in [3.05, 3.63) is 29.8 Å². The number of nitrogens with one attached hydrogen (secondary N) is 8. The first kappa shape index (κ1) is 55.3. The molecule has 63 heavy (non-hydrogen) atoms. The van der Waals surface area contributed by atoms with E-state index in [1.165, 1.54) is 4.90 Å². The topological polar surface area (TPSA) is 320 Å². The lowest BCUT2D eigenvalue weighted by Crippen LogP contribution is -2.55. The van der Waals surface area contributed by atoms with Gasteiger partial charge in [0.05, 0.1) is 49.4 Å². The van der Waals surface area contributed by atoms with Gasteiger partial charge in [-0.25, -0.2) is 0 Å². The molecule has 1 aromatic carbocycles. The number of nitrogens with two attached hydrogens (primary N) is 1. The number of fused-ring (bicyclic) bond motifs is 1. The molecule has 2 aromatic rings. The summed E-state index contributed by atoms with van der Waals surface area (Å²) in [5, 5.41) is 27.6. The van der Waals surface area contributed by atoms with E-state index in [1.54, 1.807) is 20.1 Å². The number of hydrogen-bond acceptors (Lipinski definition) is 12. The molecule has 8 amide bonds. The smallest absolute Gasteiger partial charge is 0.246 e. The fourth-order valence-electron chi connectivity index (χ4n) is 6.16. The molecular weight excluding hydrogens is 841 g/mol. The largest absolute Gasteiger partial charge is 0.396 e. The first-order valence-electron chi connectivity index (χ1n) is 20.6. The number of hydrogen-bond donors (Lipinski definition) is 10. The predicted octanol–water partition coefficient (Wildman–Crippen LogP) is -2.01. The summed E-state index contributed by atoms with van der Waals surface area (Å²) < 4.78 is 11.3. The van der Waals surface area contributed by atoms with E-state index in [4.69, 9.17) is 10.8 Å². The van der Waals surface area contributed by atoms with Gasteiger partial charge in [-0.1, -0.05) is 45.4 Å². The van der Waals surface area contributed by atoms with E-state index in [2.05, 4.69) is 56.0 Å². The van der Waals surface area contributed by atoms with Crippen LogP contribution in [0.3, 0.4) is 0 Å². The Hall–Kier alpha value is -5.74. The number of H-pyrrole nitrogens is 1. The second kappa shape index (κ2) is 29.5. The zero-order valence-electron chi connectivity index (χ0n) is 37.2. The van der Waals surface area contributed by atoms with Crippen LogP contribution in [0.15, 0.2) is 29.3 Å². The van der Waals surface area contributed by atoms with Crippen LogP contribution >= 0.6 is 0 Å². The molecule has 0 bridgehead atoms. The highest BCUT2D eigenvalue weighted by atomic mass is 32.2. The van der Waals surface area contributed by atoms with Crippen LogP contribution in [0.25, 0.3) is 10.9 Å². The van der Waals surface area contributed by atoms with Crippen LogP contribution in [0.2, 0.25) is 0 Å². The quantitative estimate of drug-likeness (QED) is 0.0541. The number of carbonyl (C=O) groups is 9. The second-order valence-corrected chi connectivity index (χ2v) is 16.3. The van der Waals surface area contributed by atoms with Crippen molar-refractivity contribution in [2.45, 2.75) is 95.9 Å². The van der Waals surface area contributed by atoms with Gasteiger partial charge in [-0.3, -0.25) is 42.6 Å². The zero-order valence-corrected chi connectivity index (χ0v) is 38.0. The Morgan fingerprint density at radius 2 is 1.52 bits per heavy atom. The lowest BCUT2D eigenvalue weighted by atomic mass is 9.98. The van der Waals surface area contributed by atoms with Crippen molar-refractivity contribution in [3.63, 3.8) is 0 Å². The van der Waals surface area contributed by atoms with E-state index in [0.29, 0.717) is 50.5 Å². The highest BCUT2D eigenvalue weighted by molar-refractivity contribution is 7.84. The van der Waals surface area contributed by atoms with Gasteiger partial charge in [0.2, 0.25) is 47.8 Å². The van der Waals surface area contributed by atoms with Gasteiger partial charge in [0.25, 0.3) is 0 Å². The van der Waals surface area contributed by atoms with Crippen LogP contribution < -0.4 is 43.0 Å². The van der Waals surface area contributed by atoms with Gasteiger partial charge >= 0.3 is 0 Å². The summed E-state index contributed by atoms with van der Waals surface area (Å²) in [6.07, 6.45) is 4.58. The molecule has 0 aliphatic carbocycles. The number of carbonyl (C=O) groups excluding carboxylic acids is 9. The molecule has 4 unspecified atom stereocenters. The van der Waals surface area contributed by atoms with Crippen LogP contribution in [0.4, 0.5) is 0 Å². The van der Waals surface area contributed by atoms with Gasteiger partial charge in [-0.2, -0.15) is 0 Å². The number of aromatic amines is 1. The number of para-hydroxylation sites is 1. The lowest BCUT2D eigenvalue weighted by Gasteiger charge is -2.26. The molecule has 11 N–H and O–H groups in total. The molecule has 7 atom stereocenters. The van der Waals surface area contributed by atoms with E-state index >= 15 is 0 Å². The summed E-state index contributed by atoms with van der Waals surface area (Å²) in [5.74, 6) is -4.77. The Morgan fingerprint density at radius 3 is 2.06 bits per heavy atom. The number of nitrogens with zero attached hydrogens (tertiary/aromatic N) is 1. The summed E-state index contributed by atoms with van der Waals surface area (Å²) >= 11 is 0. The highest BCUT2D eigenvalue weighted by Crippen LogP contribution is 2.23. The van der Waals surface area contributed by atoms with Crippen molar-refractivity contribution in [1.29, 1.82) is 0 Å². The maximum absolute atomic E-state index is 12.8. The standard InChI is InChI=1S/C24H38N8O9.C10H11NOS.C7H17NO/c1-3-14(2)22(31-21(39)11-27-18(36)8-26-13-34)23(40)29-9-19(37)28-10-20(38)30-16(7-17(25)35)24(41)32-6-4-5-15(32)12-33;1-7-8-5-3-4-6-9(8)11-10(7)13(2)12;1-6(4-5-9)7(2)8-3/h12-16,22H,3-11H2,1-2H3,(H2,25,35)(H,26,34)(H,27,36)(H,28,37)(H,29,40)(H,30,38)(H,31,39);3-6,11H,1-2H3;6-9H,4-5H2,1-3H3/t14-,15?,16-,22?;;6?,7-/m0.1/s1. The monoisotopic (exact) mass is 906 g/mol. The first-order chi connectivity index (χ1) is 29.8. The summed E-state index contributed by atoms with van der Waals surface area (Å²) in [6.45, 7) is 8.44. The molecule has 0 saturated carbocycles. The average Bonchev–Trinajstić information content (AvgIpc) is 3.89. The van der Waals surface area contributed by atoms with E-state index in [-0.39, 0.29) is 19.0 Å². The Kier molecular flexibility index (Phi) is 25.9. The van der Waals surface area contributed by atoms with Crippen LogP contribution in [0.5, 0.6) is 0 Å². The van der Waals surface area contributed by atoms with Crippen LogP contribution in [-0.2, 0) is 54.0 Å². The van der Waals surface area contributed by atoms with Gasteiger partial charge in [0, 0.05) is 36.4 Å². The SMILES string of the molecule is CC[C@H](C)C(NC(=O)CNC(=O)CNC=O)C(=O)NCC(=O)NCC(=O)N[C@@H](CC(N)=O)C(=O)N1CCCC1C=O.CN[C@H](C)C(C)CCO.Cc1c(S(C)=O)[nH]c2ccccc12. The molecule has 3 rings (SSSR count). The van der Waals surface area contributed by atoms with Crippen molar-refractivity contribution in [2.24, 2.45) is 17.6 Å². The molecule has 1 aliphatic rings. The molecule has 2 heterocycles. The van der Waals surface area contributed by atoms with Crippen molar-refractivity contribution < 1.29 is 52.5 Å². The molecule has 0 spiro atoms. The molecule has 1 aromatic heterocycles. The minimum Gasteiger partial charge on any atom is -0.396 e. The van der Waals surface area contributed by atoms with Crippen molar-refractivity contribution in [2.75, 3.05) is 52.6 Å². The number of benzene rings is 1. The summed E-state index contributed by atoms with van der Waals surface area (Å²) in [4.78, 5) is 111. The molecular formula is C41H66N10O11S. The number of aldehydes is 1. The molecule has 1 aliphatic heterocycles. The van der Waals surface area contributed by atoms with E-state index in [9.17, 15) is 47.4 Å². The number of likely N-dealkylation sites (tertiary alicyclic amines) is 1. The Morgan fingerprint density at radius 1 is 0.921 bits per heavy atom. The number of aryl methyl sites for hydroxylation is 1. The van der Waals surface area contributed by atoms with E-state index in [1.807, 2.05) is 38.2 Å². The fraction of sp³-hybridized carbons (Fsp3) is 0.585. The van der Waals surface area contributed by atoms with Crippen molar-refractivity contribution in [3.8, 4) is 0 Å². The summed E-state index contributed by atoms with van der Waals surface area (Å²) in [5.41, 5.74) is 7.35. The number of aromatic nitrogens is 1. The van der Waals surface area contributed by atoms with Crippen molar-refractivity contribution >= 4 is 75.7 Å². The van der Waals surface area contributed by atoms with Gasteiger partial charge in [-0.15, -0.1) is 0 Å². The fourth-order valence-corrected chi connectivity index (χ4v) is 6.95. The van der Waals surface area contributed by atoms with Crippen LogP contribution in [0.1, 0.15) is 65.4 Å². The van der Waals surface area contributed by atoms with Crippen LogP contribution in [-0.4, -0.2) is 150 Å². The molecule has 21 nitrogen and oxygen atoms in total. The lowest BCUT2D eigenvalue weighted by molar-refractivity contribution is -0.140. The Bertz CT molecular complexity index is 1880. The first-order valence-corrected chi connectivity index (χ1v) is 22.2. The van der Waals surface area contributed by atoms with Gasteiger partial charge in [-0.05, 0) is 63.6 Å². The number of aliphatic hydroxyl groups is 1. The molecule has 0 radical (unpaired) electrons. The minimum atomic E-state index is -1.32. The van der Waals surface area contributed by atoms with Gasteiger partial charge < -0.3 is 62.7 Å². The third-order valence-corrected chi connectivity index (χ3v) is 11.3. The van der Waals surface area contributed by atoms with E-state index in [0.717, 1.165) is 27.9 Å². The summed E-state index contributed by atoms with van der Waals surface area (Å²) in [6, 6.07) is 5.50. The second-order valence-electron chi connectivity index (χ2n) is 15.0. The number of amides is 8. The predicted molar refractivity (Wildman–Crippen MR) is 236 cm³/mol. The number of primary amides is 1. The maximum Gasteiger partial charge on any atom is 0.246 e. The summed E-state index contributed by atoms with van der Waals surface area (Å²) in [7, 11) is 1.01. The normalized spacial score (nSPS) is 15.8.